The number of ether oxygens (including phenoxy) is 1. The molecule has 2 atom stereocenters. The van der Waals surface area contributed by atoms with Gasteiger partial charge in [-0.25, -0.2) is 9.59 Å². The van der Waals surface area contributed by atoms with Crippen molar-refractivity contribution in [2.24, 2.45) is 0 Å². The maximum absolute atomic E-state index is 12.6. The van der Waals surface area contributed by atoms with E-state index in [9.17, 15) is 19.8 Å². The van der Waals surface area contributed by atoms with E-state index in [4.69, 9.17) is 9.16 Å². The number of β-amino-alcohol motifs (C(OH)–C–C–N with tert-alkyl or cyclic N) is 1. The summed E-state index contributed by atoms with van der Waals surface area (Å²) in [5.74, 6) is -0.661. The lowest BCUT2D eigenvalue weighted by molar-refractivity contribution is -0.150. The molecule has 0 bridgehead atoms. The highest BCUT2D eigenvalue weighted by molar-refractivity contribution is 6.31. The van der Waals surface area contributed by atoms with Crippen molar-refractivity contribution in [2.45, 2.75) is 69.9 Å². The number of rotatable bonds is 6. The zero-order chi connectivity index (χ0) is 21.2. The average Bonchev–Trinajstić information content (AvgIpc) is 2.98. The number of likely N-dealkylation sites (tertiary alicyclic amines) is 1. The normalized spacial score (nSPS) is 23.4. The van der Waals surface area contributed by atoms with Gasteiger partial charge in [0, 0.05) is 6.42 Å². The molecule has 28 heavy (non-hydrogen) atoms. The van der Waals surface area contributed by atoms with Gasteiger partial charge in [0.05, 0.1) is 12.1 Å². The van der Waals surface area contributed by atoms with E-state index in [2.05, 4.69) is 20.8 Å². The number of hydrogen-bond donors (Lipinski definition) is 2. The standard InChI is InChI=1S/C20H31NO6Si/c1-18(2,3)28-27-19(4,5)20(25)11-15(21(13-20)17(23)24)16(22)26-12-14-9-7-6-8-10-14/h6-10,15,25H,11-13,28H2,1-5H3,(H,23,24)/t15-,20-/m0/s1. The molecule has 2 rings (SSSR count). The van der Waals surface area contributed by atoms with E-state index in [0.717, 1.165) is 10.5 Å². The van der Waals surface area contributed by atoms with Gasteiger partial charge in [-0.2, -0.15) is 0 Å². The average molecular weight is 410 g/mol. The summed E-state index contributed by atoms with van der Waals surface area (Å²) in [5, 5.41) is 20.8. The molecule has 1 aromatic rings. The van der Waals surface area contributed by atoms with Crippen molar-refractivity contribution in [3.8, 4) is 0 Å². The van der Waals surface area contributed by atoms with Gasteiger partial charge in [-0.05, 0) is 24.4 Å². The maximum Gasteiger partial charge on any atom is 0.408 e. The number of aliphatic hydroxyl groups is 1. The minimum atomic E-state index is -1.47. The lowest BCUT2D eigenvalue weighted by atomic mass is 9.84. The van der Waals surface area contributed by atoms with Crippen molar-refractivity contribution >= 4 is 21.8 Å². The van der Waals surface area contributed by atoms with Crippen molar-refractivity contribution in [1.29, 1.82) is 0 Å². The molecule has 1 heterocycles. The smallest absolute Gasteiger partial charge is 0.408 e. The summed E-state index contributed by atoms with van der Waals surface area (Å²) < 4.78 is 11.4. The van der Waals surface area contributed by atoms with Crippen molar-refractivity contribution < 1.29 is 29.0 Å². The molecule has 1 fully saturated rings. The molecule has 1 aliphatic heterocycles. The van der Waals surface area contributed by atoms with Gasteiger partial charge in [-0.3, -0.25) is 4.90 Å². The van der Waals surface area contributed by atoms with Crippen LogP contribution in [0, 0.1) is 0 Å². The van der Waals surface area contributed by atoms with Crippen LogP contribution in [0.2, 0.25) is 5.04 Å². The van der Waals surface area contributed by atoms with E-state index in [0.29, 0.717) is 0 Å². The van der Waals surface area contributed by atoms with Crippen LogP contribution in [-0.4, -0.2) is 60.7 Å². The Morgan fingerprint density at radius 3 is 2.36 bits per heavy atom. The molecule has 7 nitrogen and oxygen atoms in total. The van der Waals surface area contributed by atoms with E-state index >= 15 is 0 Å². The Morgan fingerprint density at radius 1 is 1.21 bits per heavy atom. The second-order valence-electron chi connectivity index (χ2n) is 9.11. The van der Waals surface area contributed by atoms with Gasteiger partial charge in [-0.1, -0.05) is 51.1 Å². The Labute approximate surface area is 168 Å². The van der Waals surface area contributed by atoms with Gasteiger partial charge < -0.3 is 19.4 Å². The molecular weight excluding hydrogens is 378 g/mol. The third-order valence-corrected chi connectivity index (χ3v) is 6.80. The maximum atomic E-state index is 12.6. The quantitative estimate of drug-likeness (QED) is 0.553. The SMILES string of the molecule is CC(C)(C)[SiH2]OC(C)(C)[C@]1(O)C[C@@H](C(=O)OCc2ccccc2)N(C(=O)O)C1. The fraction of sp³-hybridized carbons (Fsp3) is 0.600. The van der Waals surface area contributed by atoms with E-state index < -0.39 is 39.1 Å². The first-order chi connectivity index (χ1) is 12.8. The number of carboxylic acid groups (broad SMARTS) is 1. The molecule has 1 aromatic carbocycles. The van der Waals surface area contributed by atoms with Crippen LogP contribution in [-0.2, 0) is 20.6 Å². The Hall–Kier alpha value is -1.90. The number of amides is 1. The highest BCUT2D eigenvalue weighted by atomic mass is 28.2. The van der Waals surface area contributed by atoms with Gasteiger partial charge >= 0.3 is 12.1 Å². The molecule has 0 aliphatic carbocycles. The van der Waals surface area contributed by atoms with Gasteiger partial charge in [0.1, 0.15) is 18.2 Å². The molecule has 2 N–H and O–H groups in total. The highest BCUT2D eigenvalue weighted by Crippen LogP contribution is 2.39. The monoisotopic (exact) mass is 409 g/mol. The van der Waals surface area contributed by atoms with Crippen LogP contribution in [0.4, 0.5) is 4.79 Å². The summed E-state index contributed by atoms with van der Waals surface area (Å²) in [6.07, 6.45) is -1.32. The first-order valence-corrected chi connectivity index (χ1v) is 10.7. The zero-order valence-electron chi connectivity index (χ0n) is 17.3. The summed E-state index contributed by atoms with van der Waals surface area (Å²) in [6.45, 7) is 9.58. The Bertz CT molecular complexity index is 702. The van der Waals surface area contributed by atoms with Gasteiger partial charge in [-0.15, -0.1) is 0 Å². The summed E-state index contributed by atoms with van der Waals surface area (Å²) in [6, 6.07) is 8.10. The van der Waals surface area contributed by atoms with Gasteiger partial charge in [0.25, 0.3) is 0 Å². The third kappa shape index (κ3) is 5.33. The second kappa shape index (κ2) is 8.22. The second-order valence-corrected chi connectivity index (χ2v) is 11.8. The Kier molecular flexibility index (Phi) is 6.57. The number of carbonyl (C=O) groups excluding carboxylic acids is 1. The molecule has 1 saturated heterocycles. The summed E-state index contributed by atoms with van der Waals surface area (Å²) in [7, 11) is -0.985. The van der Waals surface area contributed by atoms with Crippen molar-refractivity contribution in [3.05, 3.63) is 35.9 Å². The minimum absolute atomic E-state index is 0.0206. The summed E-state index contributed by atoms with van der Waals surface area (Å²) >= 11 is 0. The number of hydrogen-bond acceptors (Lipinski definition) is 5. The molecule has 0 spiro atoms. The van der Waals surface area contributed by atoms with Crippen LogP contribution in [0.25, 0.3) is 0 Å². The highest BCUT2D eigenvalue weighted by Gasteiger charge is 2.56. The third-order valence-electron chi connectivity index (χ3n) is 5.07. The van der Waals surface area contributed by atoms with Gasteiger partial charge in [0.15, 0.2) is 9.76 Å². The van der Waals surface area contributed by atoms with Crippen molar-refractivity contribution in [2.75, 3.05) is 6.54 Å². The van der Waals surface area contributed by atoms with E-state index in [1.165, 1.54) is 0 Å². The molecule has 1 amide bonds. The molecule has 0 radical (unpaired) electrons. The van der Waals surface area contributed by atoms with Crippen molar-refractivity contribution in [1.82, 2.24) is 4.90 Å². The van der Waals surface area contributed by atoms with Crippen LogP contribution >= 0.6 is 0 Å². The van der Waals surface area contributed by atoms with Crippen LogP contribution < -0.4 is 0 Å². The predicted molar refractivity (Wildman–Crippen MR) is 108 cm³/mol. The first-order valence-electron chi connectivity index (χ1n) is 9.41. The van der Waals surface area contributed by atoms with Crippen LogP contribution in [0.15, 0.2) is 30.3 Å². The fourth-order valence-electron chi connectivity index (χ4n) is 3.09. The van der Waals surface area contributed by atoms with E-state index in [1.807, 2.05) is 30.3 Å². The zero-order valence-corrected chi connectivity index (χ0v) is 18.7. The van der Waals surface area contributed by atoms with E-state index in [-0.39, 0.29) is 24.6 Å². The molecule has 1 aliphatic rings. The van der Waals surface area contributed by atoms with Crippen LogP contribution in [0.3, 0.4) is 0 Å². The molecule has 0 saturated carbocycles. The topological polar surface area (TPSA) is 96.3 Å². The predicted octanol–water partition coefficient (Wildman–Crippen LogP) is 2.31. The Balaban J connectivity index is 2.12. The molecule has 8 heteroatoms. The fourth-order valence-corrected chi connectivity index (χ4v) is 4.15. The number of esters is 1. The van der Waals surface area contributed by atoms with Crippen LogP contribution in [0.1, 0.15) is 46.6 Å². The molecule has 156 valence electrons. The lowest BCUT2D eigenvalue weighted by Crippen LogP contribution is -2.55. The Morgan fingerprint density at radius 2 is 1.82 bits per heavy atom. The molecule has 0 aromatic heterocycles. The number of benzene rings is 1. The van der Waals surface area contributed by atoms with Gasteiger partial charge in [0.2, 0.25) is 0 Å². The number of nitrogens with zero attached hydrogens (tertiary/aromatic N) is 1. The number of carbonyl (C=O) groups is 2. The summed E-state index contributed by atoms with van der Waals surface area (Å²) in [5.41, 5.74) is -1.64. The van der Waals surface area contributed by atoms with Crippen LogP contribution in [0.5, 0.6) is 0 Å². The van der Waals surface area contributed by atoms with Crippen molar-refractivity contribution in [3.63, 3.8) is 0 Å². The largest absolute Gasteiger partial charge is 0.465 e. The minimum Gasteiger partial charge on any atom is -0.465 e. The molecular formula is C20H31NO6Si. The summed E-state index contributed by atoms with van der Waals surface area (Å²) in [4.78, 5) is 25.2. The molecule has 0 unspecified atom stereocenters. The lowest BCUT2D eigenvalue weighted by Gasteiger charge is -2.41. The first kappa shape index (κ1) is 22.4. The van der Waals surface area contributed by atoms with E-state index in [1.54, 1.807) is 13.8 Å².